The molecule has 0 atom stereocenters. The van der Waals surface area contributed by atoms with Crippen molar-refractivity contribution in [3.63, 3.8) is 0 Å². The maximum absolute atomic E-state index is 11.1. The summed E-state index contributed by atoms with van der Waals surface area (Å²) >= 11 is 0. The lowest BCUT2D eigenvalue weighted by molar-refractivity contribution is 0.0696. The maximum Gasteiger partial charge on any atom is 0.335 e. The number of benzene rings is 2. The number of fused-ring (bicyclic) bond motifs is 1. The van der Waals surface area contributed by atoms with Crippen LogP contribution in [0.1, 0.15) is 26.3 Å². The molecule has 0 saturated heterocycles. The number of aldehydes is 1. The molecule has 0 aliphatic rings. The minimum atomic E-state index is -0.942. The number of carboxylic acids is 1. The molecular formula is C17H13NO3. The molecule has 3 rings (SSSR count). The predicted molar refractivity (Wildman–Crippen MR) is 79.8 cm³/mol. The molecule has 0 fully saturated rings. The fourth-order valence-corrected chi connectivity index (χ4v) is 2.50. The molecule has 4 heteroatoms. The van der Waals surface area contributed by atoms with E-state index in [1.54, 1.807) is 24.4 Å². The lowest BCUT2D eigenvalue weighted by Crippen LogP contribution is -2.01. The molecule has 1 aromatic heterocycles. The molecule has 3 aromatic rings. The summed E-state index contributed by atoms with van der Waals surface area (Å²) in [5, 5.41) is 9.94. The topological polar surface area (TPSA) is 59.3 Å². The number of carbonyl (C=O) groups is 2. The van der Waals surface area contributed by atoms with Crippen molar-refractivity contribution in [1.29, 1.82) is 0 Å². The van der Waals surface area contributed by atoms with Gasteiger partial charge in [-0.3, -0.25) is 4.79 Å². The van der Waals surface area contributed by atoms with E-state index in [2.05, 4.69) is 0 Å². The number of aromatic carboxylic acids is 1. The smallest absolute Gasteiger partial charge is 0.335 e. The van der Waals surface area contributed by atoms with Gasteiger partial charge >= 0.3 is 5.97 Å². The first-order chi connectivity index (χ1) is 10.2. The van der Waals surface area contributed by atoms with Crippen molar-refractivity contribution >= 4 is 23.2 Å². The zero-order valence-electron chi connectivity index (χ0n) is 11.2. The normalized spacial score (nSPS) is 10.7. The Bertz CT molecular complexity index is 833. The molecule has 1 heterocycles. The number of carboxylic acid groups (broad SMARTS) is 1. The molecule has 1 N–H and O–H groups in total. The zero-order chi connectivity index (χ0) is 14.8. The molecular weight excluding hydrogens is 266 g/mol. The van der Waals surface area contributed by atoms with Crippen LogP contribution in [0.3, 0.4) is 0 Å². The molecule has 0 unspecified atom stereocenters. The summed E-state index contributed by atoms with van der Waals surface area (Å²) in [6, 6.07) is 14.5. The van der Waals surface area contributed by atoms with E-state index in [1.165, 1.54) is 0 Å². The van der Waals surface area contributed by atoms with Crippen LogP contribution in [0.15, 0.2) is 54.7 Å². The van der Waals surface area contributed by atoms with Gasteiger partial charge in [0.25, 0.3) is 0 Å². The van der Waals surface area contributed by atoms with Crippen LogP contribution in [0.25, 0.3) is 10.9 Å². The van der Waals surface area contributed by atoms with Crippen LogP contribution in [-0.4, -0.2) is 21.9 Å². The molecule has 2 aromatic carbocycles. The average Bonchev–Trinajstić information content (AvgIpc) is 2.86. The lowest BCUT2D eigenvalue weighted by Gasteiger charge is -2.06. The standard InChI is InChI=1S/C17H13NO3/c19-11-14-10-18(16-7-2-1-6-15(14)16)9-12-4-3-5-13(8-12)17(20)21/h1-8,10-11H,9H2,(H,20,21). The predicted octanol–water partition coefficient (Wildman–Crippen LogP) is 3.20. The Kier molecular flexibility index (Phi) is 3.28. The van der Waals surface area contributed by atoms with E-state index in [0.717, 1.165) is 22.8 Å². The number of hydrogen-bond donors (Lipinski definition) is 1. The fraction of sp³-hybridized carbons (Fsp3) is 0.0588. The first kappa shape index (κ1) is 13.1. The second-order valence-corrected chi connectivity index (χ2v) is 4.85. The highest BCUT2D eigenvalue weighted by Crippen LogP contribution is 2.21. The summed E-state index contributed by atoms with van der Waals surface area (Å²) in [5.74, 6) is -0.942. The van der Waals surface area contributed by atoms with E-state index in [-0.39, 0.29) is 5.56 Å². The molecule has 0 spiro atoms. The van der Waals surface area contributed by atoms with Crippen molar-refractivity contribution in [1.82, 2.24) is 4.57 Å². The number of hydrogen-bond acceptors (Lipinski definition) is 2. The summed E-state index contributed by atoms with van der Waals surface area (Å²) in [6.45, 7) is 0.523. The first-order valence-corrected chi connectivity index (χ1v) is 6.54. The Hall–Kier alpha value is -2.88. The summed E-state index contributed by atoms with van der Waals surface area (Å²) < 4.78 is 1.96. The highest BCUT2D eigenvalue weighted by atomic mass is 16.4. The van der Waals surface area contributed by atoms with Gasteiger partial charge in [0.05, 0.1) is 5.56 Å². The van der Waals surface area contributed by atoms with Crippen LogP contribution in [0.2, 0.25) is 0 Å². The van der Waals surface area contributed by atoms with E-state index in [9.17, 15) is 9.59 Å². The third kappa shape index (κ3) is 2.43. The third-order valence-electron chi connectivity index (χ3n) is 3.47. The highest BCUT2D eigenvalue weighted by Gasteiger charge is 2.09. The van der Waals surface area contributed by atoms with Crippen LogP contribution in [0.4, 0.5) is 0 Å². The van der Waals surface area contributed by atoms with Crippen LogP contribution in [-0.2, 0) is 6.54 Å². The van der Waals surface area contributed by atoms with Gasteiger partial charge in [-0.15, -0.1) is 0 Å². The summed E-state index contributed by atoms with van der Waals surface area (Å²) in [5.41, 5.74) is 2.74. The quantitative estimate of drug-likeness (QED) is 0.746. The summed E-state index contributed by atoms with van der Waals surface area (Å²) in [6.07, 6.45) is 2.64. The molecule has 0 bridgehead atoms. The lowest BCUT2D eigenvalue weighted by atomic mass is 10.1. The molecule has 0 saturated carbocycles. The minimum Gasteiger partial charge on any atom is -0.478 e. The first-order valence-electron chi connectivity index (χ1n) is 6.54. The molecule has 0 amide bonds. The molecule has 104 valence electrons. The second-order valence-electron chi connectivity index (χ2n) is 4.85. The zero-order valence-corrected chi connectivity index (χ0v) is 11.2. The van der Waals surface area contributed by atoms with Crippen LogP contribution >= 0.6 is 0 Å². The van der Waals surface area contributed by atoms with Crippen molar-refractivity contribution in [2.24, 2.45) is 0 Å². The van der Waals surface area contributed by atoms with Crippen LogP contribution in [0, 0.1) is 0 Å². The molecule has 0 radical (unpaired) electrons. The minimum absolute atomic E-state index is 0.263. The van der Waals surface area contributed by atoms with Gasteiger partial charge in [-0.2, -0.15) is 0 Å². The number of para-hydroxylation sites is 1. The highest BCUT2D eigenvalue weighted by molar-refractivity contribution is 5.97. The summed E-state index contributed by atoms with van der Waals surface area (Å²) in [4.78, 5) is 22.2. The van der Waals surface area contributed by atoms with Gasteiger partial charge in [0.15, 0.2) is 6.29 Å². The largest absolute Gasteiger partial charge is 0.478 e. The third-order valence-corrected chi connectivity index (χ3v) is 3.47. The maximum atomic E-state index is 11.1. The van der Waals surface area contributed by atoms with Gasteiger partial charge in [0.2, 0.25) is 0 Å². The van der Waals surface area contributed by atoms with Gasteiger partial charge in [-0.05, 0) is 23.8 Å². The summed E-state index contributed by atoms with van der Waals surface area (Å²) in [7, 11) is 0. The van der Waals surface area contributed by atoms with Crippen molar-refractivity contribution in [3.8, 4) is 0 Å². The van der Waals surface area contributed by atoms with Crippen molar-refractivity contribution in [2.75, 3.05) is 0 Å². The number of rotatable bonds is 4. The number of carbonyl (C=O) groups excluding carboxylic acids is 1. The number of aromatic nitrogens is 1. The number of nitrogens with zero attached hydrogens (tertiary/aromatic N) is 1. The van der Waals surface area contributed by atoms with E-state index >= 15 is 0 Å². The van der Waals surface area contributed by atoms with E-state index in [4.69, 9.17) is 5.11 Å². The van der Waals surface area contributed by atoms with Gasteiger partial charge in [0, 0.05) is 29.2 Å². The Balaban J connectivity index is 2.04. The Morgan fingerprint density at radius 2 is 1.95 bits per heavy atom. The van der Waals surface area contributed by atoms with E-state index < -0.39 is 5.97 Å². The van der Waals surface area contributed by atoms with Gasteiger partial charge in [-0.25, -0.2) is 4.79 Å². The molecule has 4 nitrogen and oxygen atoms in total. The van der Waals surface area contributed by atoms with Gasteiger partial charge < -0.3 is 9.67 Å². The van der Waals surface area contributed by atoms with Crippen molar-refractivity contribution in [2.45, 2.75) is 6.54 Å². The molecule has 0 aliphatic heterocycles. The fourth-order valence-electron chi connectivity index (χ4n) is 2.50. The SMILES string of the molecule is O=Cc1cn(Cc2cccc(C(=O)O)c2)c2ccccc12. The second kappa shape index (κ2) is 5.25. The molecule has 21 heavy (non-hydrogen) atoms. The van der Waals surface area contributed by atoms with E-state index in [0.29, 0.717) is 12.1 Å². The Labute approximate surface area is 121 Å². The monoisotopic (exact) mass is 279 g/mol. The molecule has 0 aliphatic carbocycles. The Morgan fingerprint density at radius 3 is 2.71 bits per heavy atom. The van der Waals surface area contributed by atoms with Crippen LogP contribution in [0.5, 0.6) is 0 Å². The van der Waals surface area contributed by atoms with Gasteiger partial charge in [-0.1, -0.05) is 30.3 Å². The van der Waals surface area contributed by atoms with Crippen LogP contribution < -0.4 is 0 Å². The Morgan fingerprint density at radius 1 is 1.14 bits per heavy atom. The average molecular weight is 279 g/mol. The van der Waals surface area contributed by atoms with E-state index in [1.807, 2.05) is 34.9 Å². The van der Waals surface area contributed by atoms with Crippen molar-refractivity contribution < 1.29 is 14.7 Å². The van der Waals surface area contributed by atoms with Crippen molar-refractivity contribution in [3.05, 3.63) is 71.4 Å². The van der Waals surface area contributed by atoms with Gasteiger partial charge in [0.1, 0.15) is 0 Å².